The molecule has 2 aromatic heterocycles. The molecule has 5 rings (SSSR count). The SMILES string of the molecule is Cc1ccc(-c2csc(N3N=C(c4cccs4)C[C@H]3c3ccc(F)cc3)n2)cc1. The Morgan fingerprint density at radius 1 is 1.00 bits per heavy atom. The molecule has 0 fully saturated rings. The zero-order chi connectivity index (χ0) is 19.8. The van der Waals surface area contributed by atoms with E-state index in [4.69, 9.17) is 10.1 Å². The zero-order valence-corrected chi connectivity index (χ0v) is 17.4. The Kier molecular flexibility index (Phi) is 4.73. The van der Waals surface area contributed by atoms with E-state index in [-0.39, 0.29) is 11.9 Å². The Bertz CT molecular complexity index is 1150. The molecule has 1 atom stereocenters. The van der Waals surface area contributed by atoms with E-state index in [9.17, 15) is 4.39 Å². The van der Waals surface area contributed by atoms with Gasteiger partial charge >= 0.3 is 0 Å². The number of thiophene rings is 1. The quantitative estimate of drug-likeness (QED) is 0.369. The molecule has 3 nitrogen and oxygen atoms in total. The first-order valence-electron chi connectivity index (χ1n) is 9.36. The zero-order valence-electron chi connectivity index (χ0n) is 15.7. The Labute approximate surface area is 176 Å². The Hall–Kier alpha value is -2.83. The van der Waals surface area contributed by atoms with Crippen LogP contribution in [0.3, 0.4) is 0 Å². The van der Waals surface area contributed by atoms with Gasteiger partial charge in [-0.3, -0.25) is 0 Å². The average Bonchev–Trinajstić information content (AvgIpc) is 3.48. The number of nitrogens with zero attached hydrogens (tertiary/aromatic N) is 3. The molecular formula is C23H18FN3S2. The van der Waals surface area contributed by atoms with Crippen molar-refractivity contribution in [2.24, 2.45) is 5.10 Å². The number of rotatable bonds is 4. The molecule has 0 spiro atoms. The maximum Gasteiger partial charge on any atom is 0.207 e. The second-order valence-electron chi connectivity index (χ2n) is 7.02. The standard InChI is InChI=1S/C23H18FN3S2/c1-15-4-6-16(7-5-15)20-14-29-23(25-20)27-21(17-8-10-18(24)11-9-17)13-19(26-27)22-3-2-12-28-22/h2-12,14,21H,13H2,1H3/t21-/m0/s1. The van der Waals surface area contributed by atoms with Crippen LogP contribution in [0.2, 0.25) is 0 Å². The molecule has 3 heterocycles. The molecule has 4 aromatic rings. The van der Waals surface area contributed by atoms with Crippen LogP contribution in [0.5, 0.6) is 0 Å². The van der Waals surface area contributed by atoms with Gasteiger partial charge in [-0.25, -0.2) is 14.4 Å². The van der Waals surface area contributed by atoms with Gasteiger partial charge in [-0.05, 0) is 36.1 Å². The van der Waals surface area contributed by atoms with E-state index < -0.39 is 0 Å². The monoisotopic (exact) mass is 419 g/mol. The third kappa shape index (κ3) is 3.61. The predicted octanol–water partition coefficient (Wildman–Crippen LogP) is 6.67. The number of aryl methyl sites for hydroxylation is 1. The highest BCUT2D eigenvalue weighted by molar-refractivity contribution is 7.14. The van der Waals surface area contributed by atoms with Crippen LogP contribution < -0.4 is 5.01 Å². The average molecular weight is 420 g/mol. The molecule has 144 valence electrons. The van der Waals surface area contributed by atoms with E-state index >= 15 is 0 Å². The number of halogens is 1. The third-order valence-corrected chi connectivity index (χ3v) is 6.76. The summed E-state index contributed by atoms with van der Waals surface area (Å²) in [5.41, 5.74) is 5.35. The van der Waals surface area contributed by atoms with Gasteiger partial charge in [0.2, 0.25) is 5.13 Å². The van der Waals surface area contributed by atoms with E-state index in [1.54, 1.807) is 22.7 Å². The van der Waals surface area contributed by atoms with Gasteiger partial charge in [-0.1, -0.05) is 48.0 Å². The van der Waals surface area contributed by atoms with Gasteiger partial charge in [0.25, 0.3) is 0 Å². The highest BCUT2D eigenvalue weighted by Gasteiger charge is 2.32. The fraction of sp³-hybridized carbons (Fsp3) is 0.130. The largest absolute Gasteiger partial charge is 0.231 e. The van der Waals surface area contributed by atoms with Crippen molar-refractivity contribution < 1.29 is 4.39 Å². The van der Waals surface area contributed by atoms with Crippen LogP contribution in [0.4, 0.5) is 9.52 Å². The first-order chi connectivity index (χ1) is 14.2. The molecule has 1 aliphatic rings. The van der Waals surface area contributed by atoms with Crippen molar-refractivity contribution >= 4 is 33.5 Å². The summed E-state index contributed by atoms with van der Waals surface area (Å²) in [6.45, 7) is 2.08. The van der Waals surface area contributed by atoms with E-state index in [0.29, 0.717) is 0 Å². The van der Waals surface area contributed by atoms with Crippen LogP contribution in [0, 0.1) is 12.7 Å². The molecule has 2 aromatic carbocycles. The van der Waals surface area contributed by atoms with Crippen LogP contribution in [-0.4, -0.2) is 10.7 Å². The van der Waals surface area contributed by atoms with Crippen molar-refractivity contribution in [2.75, 3.05) is 5.01 Å². The van der Waals surface area contributed by atoms with Gasteiger partial charge < -0.3 is 0 Å². The molecule has 0 radical (unpaired) electrons. The number of hydrogen-bond acceptors (Lipinski definition) is 5. The van der Waals surface area contributed by atoms with Crippen LogP contribution in [0.15, 0.2) is 76.5 Å². The predicted molar refractivity (Wildman–Crippen MR) is 119 cm³/mol. The number of anilines is 1. The Balaban J connectivity index is 1.52. The van der Waals surface area contributed by atoms with Crippen LogP contribution in [-0.2, 0) is 0 Å². The van der Waals surface area contributed by atoms with E-state index in [2.05, 4.69) is 48.0 Å². The lowest BCUT2D eigenvalue weighted by atomic mass is 10.0. The van der Waals surface area contributed by atoms with Crippen molar-refractivity contribution in [3.8, 4) is 11.3 Å². The van der Waals surface area contributed by atoms with Crippen LogP contribution >= 0.6 is 22.7 Å². The van der Waals surface area contributed by atoms with Crippen molar-refractivity contribution in [1.29, 1.82) is 0 Å². The number of hydrogen-bond donors (Lipinski definition) is 0. The molecule has 29 heavy (non-hydrogen) atoms. The first kappa shape index (κ1) is 18.2. The summed E-state index contributed by atoms with van der Waals surface area (Å²) in [6.07, 6.45) is 0.769. The van der Waals surface area contributed by atoms with E-state index in [1.165, 1.54) is 17.7 Å². The van der Waals surface area contributed by atoms with Crippen molar-refractivity contribution in [3.05, 3.63) is 93.2 Å². The maximum absolute atomic E-state index is 13.5. The Morgan fingerprint density at radius 2 is 1.79 bits per heavy atom. The molecule has 0 N–H and O–H groups in total. The summed E-state index contributed by atoms with van der Waals surface area (Å²) in [4.78, 5) is 6.03. The highest BCUT2D eigenvalue weighted by atomic mass is 32.1. The summed E-state index contributed by atoms with van der Waals surface area (Å²) < 4.78 is 13.5. The Morgan fingerprint density at radius 3 is 2.52 bits per heavy atom. The van der Waals surface area contributed by atoms with E-state index in [1.807, 2.05) is 23.2 Å². The fourth-order valence-corrected chi connectivity index (χ4v) is 5.00. The summed E-state index contributed by atoms with van der Waals surface area (Å²) in [5.74, 6) is -0.228. The second kappa shape index (κ2) is 7.54. The molecule has 0 bridgehead atoms. The van der Waals surface area contributed by atoms with Crippen molar-refractivity contribution in [1.82, 2.24) is 4.98 Å². The normalized spacial score (nSPS) is 16.3. The van der Waals surface area contributed by atoms with Gasteiger partial charge in [0.05, 0.1) is 22.3 Å². The molecule has 0 amide bonds. The van der Waals surface area contributed by atoms with Gasteiger partial charge in [0.1, 0.15) is 5.82 Å². The van der Waals surface area contributed by atoms with E-state index in [0.717, 1.165) is 39.0 Å². The number of benzene rings is 2. The van der Waals surface area contributed by atoms with Gasteiger partial charge in [-0.2, -0.15) is 5.10 Å². The number of aromatic nitrogens is 1. The maximum atomic E-state index is 13.5. The molecule has 0 saturated heterocycles. The van der Waals surface area contributed by atoms with Gasteiger partial charge in [-0.15, -0.1) is 22.7 Å². The number of thiazole rings is 1. The minimum Gasteiger partial charge on any atom is -0.231 e. The highest BCUT2D eigenvalue weighted by Crippen LogP contribution is 2.39. The van der Waals surface area contributed by atoms with Crippen molar-refractivity contribution in [2.45, 2.75) is 19.4 Å². The lowest BCUT2D eigenvalue weighted by Gasteiger charge is -2.21. The summed E-state index contributed by atoms with van der Waals surface area (Å²) in [7, 11) is 0. The summed E-state index contributed by atoms with van der Waals surface area (Å²) >= 11 is 3.27. The molecular weight excluding hydrogens is 401 g/mol. The molecule has 1 aliphatic heterocycles. The number of hydrazone groups is 1. The van der Waals surface area contributed by atoms with Gasteiger partial charge in [0, 0.05) is 17.4 Å². The summed E-state index contributed by atoms with van der Waals surface area (Å²) in [5, 5.41) is 11.9. The topological polar surface area (TPSA) is 28.5 Å². The lowest BCUT2D eigenvalue weighted by Crippen LogP contribution is -2.18. The smallest absolute Gasteiger partial charge is 0.207 e. The third-order valence-electron chi connectivity index (χ3n) is 5.01. The van der Waals surface area contributed by atoms with Crippen LogP contribution in [0.25, 0.3) is 11.3 Å². The minimum absolute atomic E-state index is 0.00437. The van der Waals surface area contributed by atoms with Crippen LogP contribution in [0.1, 0.15) is 28.5 Å². The molecule has 0 unspecified atom stereocenters. The fourth-order valence-electron chi connectivity index (χ4n) is 3.45. The molecule has 0 saturated carbocycles. The second-order valence-corrected chi connectivity index (χ2v) is 8.81. The summed E-state index contributed by atoms with van der Waals surface area (Å²) in [6, 6.07) is 19.2. The first-order valence-corrected chi connectivity index (χ1v) is 11.1. The van der Waals surface area contributed by atoms with Crippen molar-refractivity contribution in [3.63, 3.8) is 0 Å². The molecule has 0 aliphatic carbocycles. The molecule has 6 heteroatoms. The van der Waals surface area contributed by atoms with Gasteiger partial charge in [0.15, 0.2) is 0 Å². The lowest BCUT2D eigenvalue weighted by molar-refractivity contribution is 0.624. The minimum atomic E-state index is -0.228.